The van der Waals surface area contributed by atoms with Gasteiger partial charge in [0.1, 0.15) is 17.5 Å². The summed E-state index contributed by atoms with van der Waals surface area (Å²) >= 11 is 0. The Morgan fingerprint density at radius 3 is 2.81 bits per heavy atom. The average Bonchev–Trinajstić information content (AvgIpc) is 3.17. The number of imidazole rings is 1. The van der Waals surface area contributed by atoms with Crippen LogP contribution in [0.25, 0.3) is 11.0 Å². The molecule has 27 heavy (non-hydrogen) atoms. The Morgan fingerprint density at radius 1 is 1.22 bits per heavy atom. The van der Waals surface area contributed by atoms with Crippen molar-refractivity contribution >= 4 is 34.5 Å². The number of hydrogen-bond acceptors (Lipinski definition) is 5. The van der Waals surface area contributed by atoms with Crippen molar-refractivity contribution in [2.45, 2.75) is 12.5 Å². The van der Waals surface area contributed by atoms with Crippen LogP contribution in [0.2, 0.25) is 0 Å². The number of aromatic nitrogens is 2. The third-order valence-corrected chi connectivity index (χ3v) is 4.51. The quantitative estimate of drug-likeness (QED) is 0.724. The molecule has 0 radical (unpaired) electrons. The van der Waals surface area contributed by atoms with E-state index in [1.165, 1.54) is 7.11 Å². The third-order valence-electron chi connectivity index (χ3n) is 4.51. The maximum atomic E-state index is 12.6. The van der Waals surface area contributed by atoms with E-state index in [0.717, 1.165) is 11.0 Å². The summed E-state index contributed by atoms with van der Waals surface area (Å²) < 4.78 is 12.2. The van der Waals surface area contributed by atoms with E-state index in [1.807, 2.05) is 24.3 Å². The predicted octanol–water partition coefficient (Wildman–Crippen LogP) is 2.58. The zero-order chi connectivity index (χ0) is 19.0. The van der Waals surface area contributed by atoms with Crippen LogP contribution in [-0.2, 0) is 9.59 Å². The Bertz CT molecular complexity index is 1040. The van der Waals surface area contributed by atoms with Gasteiger partial charge in [-0.25, -0.2) is 4.98 Å². The van der Waals surface area contributed by atoms with Crippen LogP contribution in [0.5, 0.6) is 11.5 Å². The summed E-state index contributed by atoms with van der Waals surface area (Å²) in [5, 5.41) is 5.53. The van der Waals surface area contributed by atoms with Crippen molar-refractivity contribution in [3.05, 3.63) is 42.5 Å². The van der Waals surface area contributed by atoms with Gasteiger partial charge in [0.15, 0.2) is 0 Å². The maximum Gasteiger partial charge on any atom is 0.250 e. The van der Waals surface area contributed by atoms with Crippen LogP contribution in [-0.4, -0.2) is 35.6 Å². The normalized spacial score (nSPS) is 15.3. The van der Waals surface area contributed by atoms with E-state index in [4.69, 9.17) is 9.47 Å². The fraction of sp³-hybridized carbons (Fsp3) is 0.211. The monoisotopic (exact) mass is 366 g/mol. The lowest BCUT2D eigenvalue weighted by molar-refractivity contribution is -0.123. The first-order valence-corrected chi connectivity index (χ1v) is 8.40. The molecular formula is C19H18N4O4. The molecule has 2 heterocycles. The molecule has 0 bridgehead atoms. The molecule has 2 aromatic carbocycles. The van der Waals surface area contributed by atoms with Gasteiger partial charge in [-0.05, 0) is 24.3 Å². The van der Waals surface area contributed by atoms with E-state index in [2.05, 4.69) is 15.6 Å². The molecule has 138 valence electrons. The molecule has 1 aliphatic rings. The summed E-state index contributed by atoms with van der Waals surface area (Å²) in [6.07, 6.45) is -0.0195. The van der Waals surface area contributed by atoms with Gasteiger partial charge in [-0.1, -0.05) is 12.1 Å². The predicted molar refractivity (Wildman–Crippen MR) is 100 cm³/mol. The van der Waals surface area contributed by atoms with Gasteiger partial charge in [0, 0.05) is 6.07 Å². The second-order valence-corrected chi connectivity index (χ2v) is 6.12. The van der Waals surface area contributed by atoms with Crippen molar-refractivity contribution < 1.29 is 19.1 Å². The number of methoxy groups -OCH3 is 2. The molecule has 1 aromatic heterocycles. The molecule has 0 unspecified atom stereocenters. The summed E-state index contributed by atoms with van der Waals surface area (Å²) in [4.78, 5) is 29.3. The van der Waals surface area contributed by atoms with Crippen LogP contribution in [0.1, 0.15) is 12.5 Å². The molecular weight excluding hydrogens is 348 g/mol. The molecule has 2 amide bonds. The molecule has 2 N–H and O–H groups in total. The van der Waals surface area contributed by atoms with Crippen molar-refractivity contribution in [2.24, 2.45) is 0 Å². The Labute approximate surface area is 155 Å². The maximum absolute atomic E-state index is 12.6. The Balaban J connectivity index is 1.57. The van der Waals surface area contributed by atoms with Gasteiger partial charge in [0.2, 0.25) is 17.8 Å². The largest absolute Gasteiger partial charge is 0.497 e. The van der Waals surface area contributed by atoms with Gasteiger partial charge in [0.25, 0.3) is 0 Å². The second-order valence-electron chi connectivity index (χ2n) is 6.12. The first kappa shape index (κ1) is 16.9. The second kappa shape index (κ2) is 6.64. The minimum absolute atomic E-state index is 0.0195. The molecule has 4 rings (SSSR count). The van der Waals surface area contributed by atoms with Crippen molar-refractivity contribution in [2.75, 3.05) is 24.9 Å². The van der Waals surface area contributed by atoms with Crippen molar-refractivity contribution in [1.82, 2.24) is 9.55 Å². The van der Waals surface area contributed by atoms with Crippen LogP contribution < -0.4 is 20.1 Å². The Kier molecular flexibility index (Phi) is 4.15. The van der Waals surface area contributed by atoms with E-state index in [0.29, 0.717) is 23.1 Å². The number of carbonyl (C=O) groups is 2. The highest BCUT2D eigenvalue weighted by atomic mass is 16.5. The summed E-state index contributed by atoms with van der Waals surface area (Å²) in [5.41, 5.74) is 2.10. The molecule has 1 atom stereocenters. The fourth-order valence-corrected chi connectivity index (χ4v) is 3.22. The van der Waals surface area contributed by atoms with Gasteiger partial charge in [-0.15, -0.1) is 0 Å². The lowest BCUT2D eigenvalue weighted by Crippen LogP contribution is -2.23. The molecule has 3 aromatic rings. The summed E-state index contributed by atoms with van der Waals surface area (Å²) in [5.74, 6) is 1.01. The van der Waals surface area contributed by atoms with Gasteiger partial charge in [-0.2, -0.15) is 0 Å². The fourth-order valence-electron chi connectivity index (χ4n) is 3.22. The highest BCUT2D eigenvalue weighted by Crippen LogP contribution is 2.33. The summed E-state index contributed by atoms with van der Waals surface area (Å²) in [7, 11) is 3.07. The number of fused-ring (bicyclic) bond motifs is 3. The van der Waals surface area contributed by atoms with Gasteiger partial charge < -0.3 is 14.8 Å². The van der Waals surface area contributed by atoms with Gasteiger partial charge in [-0.3, -0.25) is 19.5 Å². The number of benzene rings is 2. The molecule has 0 saturated carbocycles. The standard InChI is InChI=1S/C19H18N4O4/c1-26-11-7-8-13(16(9-11)27-2)20-17(24)10-15-18(25)22-19-21-12-5-3-4-6-14(12)23(15)19/h3-9,15H,10H2,1-2H3,(H,20,24)(H,21,22,25)/t15-/m1/s1. The van der Waals surface area contributed by atoms with Crippen molar-refractivity contribution in [3.63, 3.8) is 0 Å². The van der Waals surface area contributed by atoms with Crippen LogP contribution in [0, 0.1) is 0 Å². The number of nitrogens with zero attached hydrogens (tertiary/aromatic N) is 2. The topological polar surface area (TPSA) is 94.5 Å². The summed E-state index contributed by atoms with van der Waals surface area (Å²) in [6, 6.07) is 11.9. The number of ether oxygens (including phenoxy) is 2. The average molecular weight is 366 g/mol. The van der Waals surface area contributed by atoms with Crippen molar-refractivity contribution in [1.29, 1.82) is 0 Å². The van der Waals surface area contributed by atoms with E-state index in [9.17, 15) is 9.59 Å². The van der Waals surface area contributed by atoms with Crippen LogP contribution >= 0.6 is 0 Å². The van der Waals surface area contributed by atoms with Crippen molar-refractivity contribution in [3.8, 4) is 11.5 Å². The van der Waals surface area contributed by atoms with Gasteiger partial charge in [0.05, 0.1) is 37.4 Å². The Hall–Kier alpha value is -3.55. The highest BCUT2D eigenvalue weighted by Gasteiger charge is 2.34. The number of carbonyl (C=O) groups excluding carboxylic acids is 2. The van der Waals surface area contributed by atoms with E-state index in [1.54, 1.807) is 29.9 Å². The first-order chi connectivity index (χ1) is 13.1. The third kappa shape index (κ3) is 2.95. The molecule has 0 saturated heterocycles. The number of amides is 2. The van der Waals surface area contributed by atoms with E-state index >= 15 is 0 Å². The van der Waals surface area contributed by atoms with Crippen LogP contribution in [0.15, 0.2) is 42.5 Å². The molecule has 0 fully saturated rings. The van der Waals surface area contributed by atoms with E-state index < -0.39 is 6.04 Å². The molecule has 0 spiro atoms. The zero-order valence-electron chi connectivity index (χ0n) is 14.9. The molecule has 0 aliphatic carbocycles. The number of rotatable bonds is 5. The number of nitrogens with one attached hydrogen (secondary N) is 2. The highest BCUT2D eigenvalue weighted by molar-refractivity contribution is 6.03. The van der Waals surface area contributed by atoms with Crippen LogP contribution in [0.4, 0.5) is 11.6 Å². The SMILES string of the molecule is COc1ccc(NC(=O)C[C@@H]2C(=O)Nc3nc4ccccc4n32)c(OC)c1. The zero-order valence-corrected chi connectivity index (χ0v) is 14.9. The minimum atomic E-state index is -0.656. The first-order valence-electron chi connectivity index (χ1n) is 8.40. The molecule has 8 heteroatoms. The number of hydrogen-bond donors (Lipinski definition) is 2. The summed E-state index contributed by atoms with van der Waals surface area (Å²) in [6.45, 7) is 0. The number of anilines is 2. The lowest BCUT2D eigenvalue weighted by Gasteiger charge is -2.14. The Morgan fingerprint density at radius 2 is 2.04 bits per heavy atom. The number of para-hydroxylation sites is 2. The van der Waals surface area contributed by atoms with Crippen LogP contribution in [0.3, 0.4) is 0 Å². The van der Waals surface area contributed by atoms with Gasteiger partial charge >= 0.3 is 0 Å². The smallest absolute Gasteiger partial charge is 0.250 e. The minimum Gasteiger partial charge on any atom is -0.497 e. The molecule has 1 aliphatic heterocycles. The lowest BCUT2D eigenvalue weighted by atomic mass is 10.1. The van der Waals surface area contributed by atoms with E-state index in [-0.39, 0.29) is 18.2 Å². The molecule has 8 nitrogen and oxygen atoms in total.